The van der Waals surface area contributed by atoms with Crippen LogP contribution in [0.4, 0.5) is 0 Å². The van der Waals surface area contributed by atoms with E-state index < -0.39 is 0 Å². The molecular formula is C24H36O2. The quantitative estimate of drug-likeness (QED) is 0.549. The molecule has 26 heavy (non-hydrogen) atoms. The van der Waals surface area contributed by atoms with Crippen molar-refractivity contribution < 1.29 is 9.59 Å². The van der Waals surface area contributed by atoms with E-state index in [4.69, 9.17) is 0 Å². The summed E-state index contributed by atoms with van der Waals surface area (Å²) in [6.45, 7) is 13.5. The summed E-state index contributed by atoms with van der Waals surface area (Å²) in [6, 6.07) is 0. The third-order valence-electron chi connectivity index (χ3n) is 9.98. The van der Waals surface area contributed by atoms with E-state index in [0.29, 0.717) is 17.5 Å². The average molecular weight is 357 g/mol. The SMILES string of the molecule is CC(=O)[C@@H]1CC[C@]2(C)C3=C(CC[C@]12C)[C@]1(C)CCC(=O)C(C)(C)[C@H]1CC3. The fraction of sp³-hybridized carbons (Fsp3) is 0.833. The van der Waals surface area contributed by atoms with E-state index in [2.05, 4.69) is 34.6 Å². The maximum atomic E-state index is 12.6. The second-order valence-corrected chi connectivity index (χ2v) is 11.1. The topological polar surface area (TPSA) is 34.1 Å². The Morgan fingerprint density at radius 2 is 1.58 bits per heavy atom. The van der Waals surface area contributed by atoms with Crippen LogP contribution in [-0.4, -0.2) is 11.6 Å². The molecule has 2 nitrogen and oxygen atoms in total. The van der Waals surface area contributed by atoms with Crippen molar-refractivity contribution in [1.29, 1.82) is 0 Å². The second kappa shape index (κ2) is 5.32. The van der Waals surface area contributed by atoms with Gasteiger partial charge in [0.25, 0.3) is 0 Å². The number of rotatable bonds is 1. The first-order valence-electron chi connectivity index (χ1n) is 10.8. The van der Waals surface area contributed by atoms with E-state index in [1.165, 1.54) is 0 Å². The van der Waals surface area contributed by atoms with Crippen LogP contribution in [0.15, 0.2) is 11.1 Å². The van der Waals surface area contributed by atoms with Crippen molar-refractivity contribution in [2.24, 2.45) is 33.5 Å². The van der Waals surface area contributed by atoms with Gasteiger partial charge in [-0.1, -0.05) is 45.8 Å². The lowest BCUT2D eigenvalue weighted by atomic mass is 9.43. The van der Waals surface area contributed by atoms with Gasteiger partial charge in [0, 0.05) is 17.8 Å². The minimum Gasteiger partial charge on any atom is -0.300 e. The van der Waals surface area contributed by atoms with E-state index in [1.54, 1.807) is 18.1 Å². The Morgan fingerprint density at radius 1 is 0.885 bits per heavy atom. The zero-order valence-electron chi connectivity index (χ0n) is 17.6. The third-order valence-corrected chi connectivity index (χ3v) is 9.98. The molecule has 2 saturated carbocycles. The van der Waals surface area contributed by atoms with E-state index in [0.717, 1.165) is 51.4 Å². The van der Waals surface area contributed by atoms with Crippen molar-refractivity contribution in [1.82, 2.24) is 0 Å². The van der Waals surface area contributed by atoms with Crippen molar-refractivity contribution in [3.63, 3.8) is 0 Å². The molecule has 144 valence electrons. The first kappa shape index (κ1) is 18.4. The molecule has 4 rings (SSSR count). The Bertz CT molecular complexity index is 714. The van der Waals surface area contributed by atoms with Gasteiger partial charge in [-0.25, -0.2) is 0 Å². The fourth-order valence-electron chi connectivity index (χ4n) is 8.13. The maximum absolute atomic E-state index is 12.6. The summed E-state index contributed by atoms with van der Waals surface area (Å²) in [5.74, 6) is 1.57. The van der Waals surface area contributed by atoms with E-state index in [9.17, 15) is 9.59 Å². The van der Waals surface area contributed by atoms with Crippen molar-refractivity contribution in [3.05, 3.63) is 11.1 Å². The Balaban J connectivity index is 1.82. The van der Waals surface area contributed by atoms with Crippen LogP contribution in [0.3, 0.4) is 0 Å². The van der Waals surface area contributed by atoms with Gasteiger partial charge in [-0.15, -0.1) is 0 Å². The minimum atomic E-state index is -0.190. The number of fused-ring (bicyclic) bond motifs is 4. The maximum Gasteiger partial charge on any atom is 0.138 e. The number of Topliss-reactive ketones (excluding diaryl/α,β-unsaturated/α-hetero) is 2. The van der Waals surface area contributed by atoms with Gasteiger partial charge >= 0.3 is 0 Å². The van der Waals surface area contributed by atoms with Crippen LogP contribution >= 0.6 is 0 Å². The molecule has 0 N–H and O–H groups in total. The molecule has 0 aromatic carbocycles. The van der Waals surface area contributed by atoms with Crippen molar-refractivity contribution in [2.75, 3.05) is 0 Å². The summed E-state index contributed by atoms with van der Waals surface area (Å²) < 4.78 is 0. The number of allylic oxidation sites excluding steroid dienone is 2. The normalized spacial score (nSPS) is 47.2. The second-order valence-electron chi connectivity index (χ2n) is 11.1. The molecule has 0 unspecified atom stereocenters. The molecule has 0 amide bonds. The Labute approximate surface area is 159 Å². The van der Waals surface area contributed by atoms with Crippen LogP contribution in [0.1, 0.15) is 92.9 Å². The van der Waals surface area contributed by atoms with Gasteiger partial charge in [0.05, 0.1) is 0 Å². The van der Waals surface area contributed by atoms with Crippen molar-refractivity contribution >= 4 is 11.6 Å². The molecule has 4 aliphatic carbocycles. The van der Waals surface area contributed by atoms with Crippen LogP contribution < -0.4 is 0 Å². The first-order chi connectivity index (χ1) is 12.0. The molecule has 0 radical (unpaired) electrons. The minimum absolute atomic E-state index is 0.126. The monoisotopic (exact) mass is 356 g/mol. The Kier molecular flexibility index (Phi) is 3.78. The highest BCUT2D eigenvalue weighted by molar-refractivity contribution is 5.86. The van der Waals surface area contributed by atoms with E-state index in [1.807, 2.05) is 0 Å². The largest absolute Gasteiger partial charge is 0.300 e. The summed E-state index contributed by atoms with van der Waals surface area (Å²) >= 11 is 0. The van der Waals surface area contributed by atoms with E-state index in [-0.39, 0.29) is 27.6 Å². The molecule has 0 aliphatic heterocycles. The molecule has 2 fully saturated rings. The van der Waals surface area contributed by atoms with Gasteiger partial charge in [-0.2, -0.15) is 0 Å². The summed E-state index contributed by atoms with van der Waals surface area (Å²) in [6.07, 6.45) is 8.56. The molecule has 0 heterocycles. The zero-order valence-corrected chi connectivity index (χ0v) is 17.6. The predicted octanol–water partition coefficient (Wildman–Crippen LogP) is 5.89. The highest BCUT2D eigenvalue weighted by atomic mass is 16.1. The predicted molar refractivity (Wildman–Crippen MR) is 105 cm³/mol. The van der Waals surface area contributed by atoms with Gasteiger partial charge in [-0.3, -0.25) is 9.59 Å². The van der Waals surface area contributed by atoms with E-state index >= 15 is 0 Å². The van der Waals surface area contributed by atoms with Crippen LogP contribution in [0.25, 0.3) is 0 Å². The molecule has 0 bridgehead atoms. The summed E-state index contributed by atoms with van der Waals surface area (Å²) in [5, 5.41) is 0. The highest BCUT2D eigenvalue weighted by Crippen LogP contribution is 2.71. The molecule has 0 saturated heterocycles. The number of carbonyl (C=O) groups excluding carboxylic acids is 2. The number of ketones is 2. The fourth-order valence-corrected chi connectivity index (χ4v) is 8.13. The number of hydrogen-bond donors (Lipinski definition) is 0. The third kappa shape index (κ3) is 2.00. The van der Waals surface area contributed by atoms with Gasteiger partial charge in [0.2, 0.25) is 0 Å². The van der Waals surface area contributed by atoms with Gasteiger partial charge in [0.1, 0.15) is 11.6 Å². The lowest BCUT2D eigenvalue weighted by Crippen LogP contribution is -2.53. The summed E-state index contributed by atoms with van der Waals surface area (Å²) in [7, 11) is 0. The summed E-state index contributed by atoms with van der Waals surface area (Å²) in [5.41, 5.74) is 3.68. The first-order valence-corrected chi connectivity index (χ1v) is 10.8. The van der Waals surface area contributed by atoms with Gasteiger partial charge in [0.15, 0.2) is 0 Å². The van der Waals surface area contributed by atoms with Crippen LogP contribution in [-0.2, 0) is 9.59 Å². The smallest absolute Gasteiger partial charge is 0.138 e. The highest BCUT2D eigenvalue weighted by Gasteiger charge is 2.63. The van der Waals surface area contributed by atoms with Crippen LogP contribution in [0.5, 0.6) is 0 Å². The molecule has 5 atom stereocenters. The molecule has 4 aliphatic rings. The van der Waals surface area contributed by atoms with Crippen molar-refractivity contribution in [2.45, 2.75) is 92.9 Å². The van der Waals surface area contributed by atoms with Crippen LogP contribution in [0.2, 0.25) is 0 Å². The van der Waals surface area contributed by atoms with Gasteiger partial charge < -0.3 is 0 Å². The number of hydrogen-bond acceptors (Lipinski definition) is 2. The molecular weight excluding hydrogens is 320 g/mol. The standard InChI is InChI=1S/C24H36O2/c1-15(25)16-9-13-24(6)18-7-8-19-21(2,3)20(26)11-12-22(19,4)17(18)10-14-23(16,24)5/h16,19H,7-14H2,1-6H3/t16-,19+,22-,23+,24+/m0/s1. The summed E-state index contributed by atoms with van der Waals surface area (Å²) in [4.78, 5) is 25.0. The molecule has 0 spiro atoms. The average Bonchev–Trinajstić information content (AvgIpc) is 2.84. The zero-order chi connectivity index (χ0) is 19.1. The van der Waals surface area contributed by atoms with Gasteiger partial charge in [-0.05, 0) is 74.0 Å². The Hall–Kier alpha value is -0.920. The molecule has 2 heteroatoms. The molecule has 0 aromatic rings. The molecule has 0 aromatic heterocycles. The number of carbonyl (C=O) groups is 2. The lowest BCUT2D eigenvalue weighted by Gasteiger charge is -2.60. The van der Waals surface area contributed by atoms with Crippen molar-refractivity contribution in [3.8, 4) is 0 Å². The Morgan fingerprint density at radius 3 is 2.23 bits per heavy atom. The van der Waals surface area contributed by atoms with Crippen LogP contribution in [0, 0.1) is 33.5 Å². The lowest BCUT2D eigenvalue weighted by molar-refractivity contribution is -0.140.